The van der Waals surface area contributed by atoms with Gasteiger partial charge in [-0.05, 0) is 42.9 Å². The van der Waals surface area contributed by atoms with Crippen LogP contribution in [-0.2, 0) is 9.53 Å². The normalized spacial score (nSPS) is 29.3. The monoisotopic (exact) mass is 293 g/mol. The van der Waals surface area contributed by atoms with Crippen LogP contribution in [0.5, 0.6) is 0 Å². The van der Waals surface area contributed by atoms with E-state index in [1.165, 1.54) is 5.56 Å². The zero-order valence-corrected chi connectivity index (χ0v) is 12.5. The Morgan fingerprint density at radius 2 is 2.10 bits per heavy atom. The number of hydrogen-bond acceptors (Lipinski definition) is 2. The molecule has 1 aliphatic carbocycles. The fourth-order valence-electron chi connectivity index (χ4n) is 3.11. The lowest BCUT2D eigenvalue weighted by molar-refractivity contribution is -0.136. The third-order valence-corrected chi connectivity index (χ3v) is 4.68. The first-order valence-corrected chi connectivity index (χ1v) is 7.64. The number of halogens is 1. The zero-order valence-electron chi connectivity index (χ0n) is 11.7. The quantitative estimate of drug-likeness (QED) is 0.857. The van der Waals surface area contributed by atoms with Crippen LogP contribution in [0.15, 0.2) is 24.3 Å². The Labute approximate surface area is 124 Å². The molecule has 4 heteroatoms. The summed E-state index contributed by atoms with van der Waals surface area (Å²) < 4.78 is 5.39. The van der Waals surface area contributed by atoms with Crippen molar-refractivity contribution < 1.29 is 9.53 Å². The molecule has 1 aliphatic heterocycles. The first-order chi connectivity index (χ1) is 9.69. The number of carbonyl (C=O) groups is 1. The van der Waals surface area contributed by atoms with Gasteiger partial charge in [0.15, 0.2) is 0 Å². The van der Waals surface area contributed by atoms with E-state index in [0.29, 0.717) is 11.8 Å². The van der Waals surface area contributed by atoms with Gasteiger partial charge in [0.25, 0.3) is 0 Å². The van der Waals surface area contributed by atoms with Crippen LogP contribution in [0, 0.1) is 5.92 Å². The molecule has 1 amide bonds. The predicted octanol–water partition coefficient (Wildman–Crippen LogP) is 3.08. The fourth-order valence-corrected chi connectivity index (χ4v) is 3.24. The van der Waals surface area contributed by atoms with Crippen molar-refractivity contribution in [2.45, 2.75) is 31.3 Å². The van der Waals surface area contributed by atoms with Gasteiger partial charge in [0.1, 0.15) is 0 Å². The lowest BCUT2D eigenvalue weighted by atomic mass is 10.1. The van der Waals surface area contributed by atoms with Crippen LogP contribution in [0.4, 0.5) is 0 Å². The molecule has 1 aromatic rings. The third kappa shape index (κ3) is 2.84. The molecule has 2 fully saturated rings. The second-order valence-electron chi connectivity index (χ2n) is 5.78. The van der Waals surface area contributed by atoms with Gasteiger partial charge in [0.2, 0.25) is 5.91 Å². The molecule has 1 aromatic carbocycles. The fraction of sp³-hybridized carbons (Fsp3) is 0.562. The van der Waals surface area contributed by atoms with E-state index in [1.54, 1.807) is 7.11 Å². The van der Waals surface area contributed by atoms with Crippen LogP contribution in [0.1, 0.15) is 30.7 Å². The number of ether oxygens (including phenoxy) is 1. The molecule has 0 aromatic heterocycles. The van der Waals surface area contributed by atoms with Crippen molar-refractivity contribution in [3.63, 3.8) is 0 Å². The number of hydrogen-bond donors (Lipinski definition) is 0. The Hall–Kier alpha value is -1.06. The molecule has 0 N–H and O–H groups in total. The largest absolute Gasteiger partial charge is 0.380 e. The number of amides is 1. The van der Waals surface area contributed by atoms with Gasteiger partial charge in [0.05, 0.1) is 6.10 Å². The summed E-state index contributed by atoms with van der Waals surface area (Å²) in [4.78, 5) is 14.5. The number of rotatable bonds is 3. The minimum absolute atomic E-state index is 0.159. The van der Waals surface area contributed by atoms with Gasteiger partial charge in [-0.1, -0.05) is 23.7 Å². The summed E-state index contributed by atoms with van der Waals surface area (Å²) in [6.45, 7) is 1.63. The first-order valence-electron chi connectivity index (χ1n) is 7.26. The summed E-state index contributed by atoms with van der Waals surface area (Å²) in [5.41, 5.74) is 1.23. The van der Waals surface area contributed by atoms with Crippen molar-refractivity contribution in [1.29, 1.82) is 0 Å². The van der Waals surface area contributed by atoms with E-state index < -0.39 is 0 Å². The maximum absolute atomic E-state index is 12.5. The Balaban J connectivity index is 1.61. The number of benzene rings is 1. The molecule has 1 saturated carbocycles. The molecule has 0 bridgehead atoms. The molecule has 0 radical (unpaired) electrons. The summed E-state index contributed by atoms with van der Waals surface area (Å²) in [5.74, 6) is 0.834. The molecule has 3 rings (SSSR count). The number of nitrogens with zero attached hydrogens (tertiary/aromatic N) is 1. The average Bonchev–Trinajstić information content (AvgIpc) is 3.28. The minimum atomic E-state index is 0.159. The second kappa shape index (κ2) is 5.74. The summed E-state index contributed by atoms with van der Waals surface area (Å²) in [6, 6.07) is 7.88. The van der Waals surface area contributed by atoms with E-state index in [1.807, 2.05) is 29.2 Å². The molecule has 108 valence electrons. The topological polar surface area (TPSA) is 29.5 Å². The van der Waals surface area contributed by atoms with Crippen molar-refractivity contribution >= 4 is 17.5 Å². The molecule has 0 unspecified atom stereocenters. The Morgan fingerprint density at radius 3 is 2.80 bits per heavy atom. The maximum atomic E-state index is 12.5. The smallest absolute Gasteiger partial charge is 0.226 e. The summed E-state index contributed by atoms with van der Waals surface area (Å²) >= 11 is 5.90. The predicted molar refractivity (Wildman–Crippen MR) is 78.9 cm³/mol. The molecule has 0 spiro atoms. The Morgan fingerprint density at radius 1 is 1.35 bits per heavy atom. The first kappa shape index (κ1) is 13.9. The van der Waals surface area contributed by atoms with Gasteiger partial charge in [-0.3, -0.25) is 4.79 Å². The third-order valence-electron chi connectivity index (χ3n) is 4.43. The summed E-state index contributed by atoms with van der Waals surface area (Å²) in [7, 11) is 1.73. The number of piperidine rings is 1. The second-order valence-corrected chi connectivity index (χ2v) is 6.22. The SMILES string of the molecule is CO[C@@H]1CCCN(C(=O)[C@H]2C[C@H]2c2ccc(Cl)cc2)C1. The van der Waals surface area contributed by atoms with E-state index >= 15 is 0 Å². The molecule has 2 aliphatic rings. The van der Waals surface area contributed by atoms with E-state index in [0.717, 1.165) is 37.4 Å². The van der Waals surface area contributed by atoms with Crippen molar-refractivity contribution in [2.75, 3.05) is 20.2 Å². The van der Waals surface area contributed by atoms with Crippen LogP contribution < -0.4 is 0 Å². The van der Waals surface area contributed by atoms with Crippen LogP contribution in [0.25, 0.3) is 0 Å². The number of methoxy groups -OCH3 is 1. The molecule has 20 heavy (non-hydrogen) atoms. The molecular weight excluding hydrogens is 274 g/mol. The van der Waals surface area contributed by atoms with E-state index in [4.69, 9.17) is 16.3 Å². The lowest BCUT2D eigenvalue weighted by Crippen LogP contribution is -2.43. The van der Waals surface area contributed by atoms with Gasteiger partial charge in [-0.2, -0.15) is 0 Å². The summed E-state index contributed by atoms with van der Waals surface area (Å²) in [5, 5.41) is 0.747. The highest BCUT2D eigenvalue weighted by molar-refractivity contribution is 6.30. The Kier molecular flexibility index (Phi) is 3.99. The van der Waals surface area contributed by atoms with E-state index in [-0.39, 0.29) is 12.0 Å². The lowest BCUT2D eigenvalue weighted by Gasteiger charge is -2.32. The van der Waals surface area contributed by atoms with Crippen molar-refractivity contribution in [3.8, 4) is 0 Å². The van der Waals surface area contributed by atoms with Gasteiger partial charge in [0, 0.05) is 31.1 Å². The highest BCUT2D eigenvalue weighted by Crippen LogP contribution is 2.48. The summed E-state index contributed by atoms with van der Waals surface area (Å²) in [6.07, 6.45) is 3.28. The van der Waals surface area contributed by atoms with Crippen molar-refractivity contribution in [1.82, 2.24) is 4.90 Å². The van der Waals surface area contributed by atoms with Crippen LogP contribution in [0.2, 0.25) is 5.02 Å². The van der Waals surface area contributed by atoms with E-state index in [9.17, 15) is 4.79 Å². The number of carbonyl (C=O) groups excluding carboxylic acids is 1. The van der Waals surface area contributed by atoms with Crippen molar-refractivity contribution in [3.05, 3.63) is 34.9 Å². The standard InChI is InChI=1S/C16H20ClNO2/c1-20-13-3-2-8-18(10-13)16(19)15-9-14(15)11-4-6-12(17)7-5-11/h4-7,13-15H,2-3,8-10H2,1H3/t13-,14+,15+/m1/s1. The van der Waals surface area contributed by atoms with Gasteiger partial charge >= 0.3 is 0 Å². The minimum Gasteiger partial charge on any atom is -0.380 e. The Bertz CT molecular complexity index is 488. The molecule has 3 atom stereocenters. The zero-order chi connectivity index (χ0) is 14.1. The molecule has 1 heterocycles. The van der Waals surface area contributed by atoms with Gasteiger partial charge in [-0.25, -0.2) is 0 Å². The molecular formula is C16H20ClNO2. The van der Waals surface area contributed by atoms with Crippen LogP contribution in [0.3, 0.4) is 0 Å². The van der Waals surface area contributed by atoms with Gasteiger partial charge < -0.3 is 9.64 Å². The highest BCUT2D eigenvalue weighted by Gasteiger charge is 2.46. The maximum Gasteiger partial charge on any atom is 0.226 e. The molecule has 1 saturated heterocycles. The van der Waals surface area contributed by atoms with Crippen molar-refractivity contribution in [2.24, 2.45) is 5.92 Å². The highest BCUT2D eigenvalue weighted by atomic mass is 35.5. The average molecular weight is 294 g/mol. The van der Waals surface area contributed by atoms with Crippen LogP contribution >= 0.6 is 11.6 Å². The van der Waals surface area contributed by atoms with E-state index in [2.05, 4.69) is 0 Å². The van der Waals surface area contributed by atoms with Gasteiger partial charge in [-0.15, -0.1) is 0 Å². The molecule has 3 nitrogen and oxygen atoms in total. The van der Waals surface area contributed by atoms with Crippen LogP contribution in [-0.4, -0.2) is 37.1 Å². The number of likely N-dealkylation sites (tertiary alicyclic amines) is 1.